The smallest absolute Gasteiger partial charge is 0.0168 e. The van der Waals surface area contributed by atoms with E-state index < -0.39 is 0 Å². The Morgan fingerprint density at radius 3 is 2.19 bits per heavy atom. The van der Waals surface area contributed by atoms with Gasteiger partial charge < -0.3 is 4.90 Å². The first-order valence-corrected chi connectivity index (χ1v) is 7.80. The molecule has 0 aliphatic carbocycles. The molecule has 0 aromatic heterocycles. The molecular weight excluding hydrogens is 254 g/mol. The first kappa shape index (κ1) is 15.5. The minimum absolute atomic E-state index is 1.02. The number of rotatable bonds is 6. The predicted octanol–water partition coefficient (Wildman–Crippen LogP) is 5.10. The van der Waals surface area contributed by atoms with Gasteiger partial charge in [-0.25, -0.2) is 0 Å². The van der Waals surface area contributed by atoms with Gasteiger partial charge in [0, 0.05) is 6.54 Å². The Morgan fingerprint density at radius 1 is 0.905 bits per heavy atom. The molecule has 0 aliphatic rings. The lowest BCUT2D eigenvalue weighted by Crippen LogP contribution is -2.22. The van der Waals surface area contributed by atoms with Gasteiger partial charge in [0.05, 0.1) is 0 Å². The molecule has 110 valence electrons. The van der Waals surface area contributed by atoms with Crippen LogP contribution in [0.2, 0.25) is 0 Å². The number of allylic oxidation sites excluding steroid dienone is 1. The molecule has 2 aromatic carbocycles. The Bertz CT molecular complexity index is 580. The molecule has 0 heterocycles. The van der Waals surface area contributed by atoms with Gasteiger partial charge in [-0.1, -0.05) is 74.5 Å². The topological polar surface area (TPSA) is 3.24 Å². The Balaban J connectivity index is 2.30. The molecule has 2 rings (SSSR count). The van der Waals surface area contributed by atoms with Crippen molar-refractivity contribution in [2.24, 2.45) is 0 Å². The summed E-state index contributed by atoms with van der Waals surface area (Å²) in [4.78, 5) is 2.43. The van der Waals surface area contributed by atoms with Crippen LogP contribution in [0.4, 0.5) is 0 Å². The lowest BCUT2D eigenvalue weighted by Gasteiger charge is -2.17. The maximum atomic E-state index is 2.43. The summed E-state index contributed by atoms with van der Waals surface area (Å²) < 4.78 is 0. The minimum Gasteiger partial charge on any atom is -0.300 e. The van der Waals surface area contributed by atoms with Crippen LogP contribution in [0.1, 0.15) is 26.3 Å². The van der Waals surface area contributed by atoms with Crippen LogP contribution >= 0.6 is 0 Å². The van der Waals surface area contributed by atoms with Crippen LogP contribution in [0.5, 0.6) is 0 Å². The monoisotopic (exact) mass is 279 g/mol. The summed E-state index contributed by atoms with van der Waals surface area (Å²) in [6.45, 7) is 9.85. The summed E-state index contributed by atoms with van der Waals surface area (Å²) in [5, 5.41) is 0. The van der Waals surface area contributed by atoms with E-state index in [1.165, 1.54) is 22.3 Å². The zero-order chi connectivity index (χ0) is 15.1. The van der Waals surface area contributed by atoms with Crippen molar-refractivity contribution < 1.29 is 0 Å². The molecule has 0 N–H and O–H groups in total. The quantitative estimate of drug-likeness (QED) is 0.711. The fraction of sp³-hybridized carbons (Fsp3) is 0.300. The average molecular weight is 279 g/mol. The first-order chi connectivity index (χ1) is 10.3. The number of nitrogens with zero attached hydrogens (tertiary/aromatic N) is 1. The zero-order valence-electron chi connectivity index (χ0n) is 13.3. The van der Waals surface area contributed by atoms with Gasteiger partial charge in [0.2, 0.25) is 0 Å². The van der Waals surface area contributed by atoms with Gasteiger partial charge in [0.25, 0.3) is 0 Å². The second-order valence-electron chi connectivity index (χ2n) is 5.28. The molecule has 0 saturated heterocycles. The molecular formula is C20H25N. The van der Waals surface area contributed by atoms with Crippen molar-refractivity contribution in [3.05, 3.63) is 66.2 Å². The fourth-order valence-corrected chi connectivity index (χ4v) is 2.55. The molecule has 0 amide bonds. The van der Waals surface area contributed by atoms with Gasteiger partial charge >= 0.3 is 0 Å². The maximum Gasteiger partial charge on any atom is 0.0168 e. The lowest BCUT2D eigenvalue weighted by molar-refractivity contribution is 0.337. The molecule has 21 heavy (non-hydrogen) atoms. The SMILES string of the molecule is CCN(CC)CC=C(C)c1ccccc1-c1ccccc1. The Morgan fingerprint density at radius 2 is 1.52 bits per heavy atom. The number of hydrogen-bond acceptors (Lipinski definition) is 1. The third kappa shape index (κ3) is 4.05. The standard InChI is InChI=1S/C20H25N/c1-4-21(5-2)16-15-17(3)19-13-9-10-14-20(19)18-11-7-6-8-12-18/h6-15H,4-5,16H2,1-3H3. The molecule has 1 heteroatoms. The van der Waals surface area contributed by atoms with Crippen LogP contribution in [0.15, 0.2) is 60.7 Å². The highest BCUT2D eigenvalue weighted by Gasteiger charge is 2.06. The normalized spacial score (nSPS) is 11.9. The fourth-order valence-electron chi connectivity index (χ4n) is 2.55. The lowest BCUT2D eigenvalue weighted by atomic mass is 9.95. The third-order valence-corrected chi connectivity index (χ3v) is 3.99. The van der Waals surface area contributed by atoms with Crippen molar-refractivity contribution in [2.75, 3.05) is 19.6 Å². The van der Waals surface area contributed by atoms with E-state index in [1.807, 2.05) is 0 Å². The summed E-state index contributed by atoms with van der Waals surface area (Å²) in [6, 6.07) is 19.3. The molecule has 0 atom stereocenters. The van der Waals surface area contributed by atoms with E-state index in [0.29, 0.717) is 0 Å². The Kier molecular flexibility index (Phi) is 5.77. The summed E-state index contributed by atoms with van der Waals surface area (Å²) in [5.74, 6) is 0. The van der Waals surface area contributed by atoms with E-state index in [4.69, 9.17) is 0 Å². The van der Waals surface area contributed by atoms with Crippen molar-refractivity contribution in [2.45, 2.75) is 20.8 Å². The van der Waals surface area contributed by atoms with Crippen molar-refractivity contribution >= 4 is 5.57 Å². The van der Waals surface area contributed by atoms with Gasteiger partial charge in [-0.3, -0.25) is 0 Å². The third-order valence-electron chi connectivity index (χ3n) is 3.99. The Hall–Kier alpha value is -1.86. The largest absolute Gasteiger partial charge is 0.300 e. The number of benzene rings is 2. The highest BCUT2D eigenvalue weighted by Crippen LogP contribution is 2.28. The van der Waals surface area contributed by atoms with Crippen molar-refractivity contribution in [1.82, 2.24) is 4.90 Å². The average Bonchev–Trinajstić information content (AvgIpc) is 2.56. The van der Waals surface area contributed by atoms with Crippen LogP contribution in [0.3, 0.4) is 0 Å². The van der Waals surface area contributed by atoms with Crippen LogP contribution in [-0.2, 0) is 0 Å². The van der Waals surface area contributed by atoms with Gasteiger partial charge in [-0.05, 0) is 42.3 Å². The van der Waals surface area contributed by atoms with Gasteiger partial charge in [0.1, 0.15) is 0 Å². The summed E-state index contributed by atoms with van der Waals surface area (Å²) in [7, 11) is 0. The molecule has 0 radical (unpaired) electrons. The molecule has 0 bridgehead atoms. The Labute approximate surface area is 128 Å². The predicted molar refractivity (Wildman–Crippen MR) is 93.3 cm³/mol. The van der Waals surface area contributed by atoms with Crippen LogP contribution in [0.25, 0.3) is 16.7 Å². The van der Waals surface area contributed by atoms with Crippen LogP contribution < -0.4 is 0 Å². The molecule has 0 aliphatic heterocycles. The van der Waals surface area contributed by atoms with E-state index in [9.17, 15) is 0 Å². The van der Waals surface area contributed by atoms with E-state index in [2.05, 4.69) is 86.3 Å². The summed E-state index contributed by atoms with van der Waals surface area (Å²) in [5.41, 5.74) is 5.27. The van der Waals surface area contributed by atoms with Gasteiger partial charge in [-0.2, -0.15) is 0 Å². The van der Waals surface area contributed by atoms with Gasteiger partial charge in [0.15, 0.2) is 0 Å². The number of likely N-dealkylation sites (N-methyl/N-ethyl adjacent to an activating group) is 1. The van der Waals surface area contributed by atoms with Crippen molar-refractivity contribution in [3.8, 4) is 11.1 Å². The molecule has 0 fully saturated rings. The molecule has 0 unspecified atom stereocenters. The van der Waals surface area contributed by atoms with Crippen molar-refractivity contribution in [1.29, 1.82) is 0 Å². The van der Waals surface area contributed by atoms with Crippen LogP contribution in [-0.4, -0.2) is 24.5 Å². The zero-order valence-corrected chi connectivity index (χ0v) is 13.3. The molecule has 0 spiro atoms. The second kappa shape index (κ2) is 7.80. The first-order valence-electron chi connectivity index (χ1n) is 7.80. The summed E-state index contributed by atoms with van der Waals surface area (Å²) >= 11 is 0. The van der Waals surface area contributed by atoms with Crippen LogP contribution in [0, 0.1) is 0 Å². The highest BCUT2D eigenvalue weighted by atomic mass is 15.1. The second-order valence-corrected chi connectivity index (χ2v) is 5.28. The van der Waals surface area contributed by atoms with E-state index in [0.717, 1.165) is 19.6 Å². The van der Waals surface area contributed by atoms with Crippen molar-refractivity contribution in [3.63, 3.8) is 0 Å². The van der Waals surface area contributed by atoms with E-state index in [1.54, 1.807) is 0 Å². The maximum absolute atomic E-state index is 2.43. The molecule has 1 nitrogen and oxygen atoms in total. The van der Waals surface area contributed by atoms with E-state index in [-0.39, 0.29) is 0 Å². The molecule has 2 aromatic rings. The van der Waals surface area contributed by atoms with Gasteiger partial charge in [-0.15, -0.1) is 0 Å². The van der Waals surface area contributed by atoms with E-state index >= 15 is 0 Å². The summed E-state index contributed by atoms with van der Waals surface area (Å²) in [6.07, 6.45) is 2.34. The minimum atomic E-state index is 1.02. The number of hydrogen-bond donors (Lipinski definition) is 0. The highest BCUT2D eigenvalue weighted by molar-refractivity contribution is 5.80. The molecule has 0 saturated carbocycles.